The van der Waals surface area contributed by atoms with Gasteiger partial charge in [0.2, 0.25) is 0 Å². The quantitative estimate of drug-likeness (QED) is 0.651. The van der Waals surface area contributed by atoms with Crippen molar-refractivity contribution in [2.24, 2.45) is 0 Å². The molecule has 0 spiro atoms. The number of carbonyl (C=O) groups is 1. The summed E-state index contributed by atoms with van der Waals surface area (Å²) in [5.41, 5.74) is 0.735. The molecular weight excluding hydrogens is 277 g/mol. The molecule has 1 rings (SSSR count). The van der Waals surface area contributed by atoms with E-state index in [4.69, 9.17) is 9.47 Å². The molecule has 0 atom stereocenters. The molecule has 1 aromatic carbocycles. The highest BCUT2D eigenvalue weighted by Gasteiger charge is 2.13. The second-order valence-corrected chi connectivity index (χ2v) is 4.55. The third-order valence-electron chi connectivity index (χ3n) is 3.11. The maximum atomic E-state index is 13.4. The minimum absolute atomic E-state index is 0.274. The van der Waals surface area contributed by atoms with Crippen molar-refractivity contribution < 1.29 is 23.4 Å². The molecule has 0 amide bonds. The average molecular weight is 299 g/mol. The Balaban J connectivity index is 2.74. The van der Waals surface area contributed by atoms with E-state index in [-0.39, 0.29) is 18.2 Å². The molecule has 118 valence electrons. The first kappa shape index (κ1) is 17.4. The Hall–Kier alpha value is -1.66. The minimum Gasteiger partial charge on any atom is -0.496 e. The van der Waals surface area contributed by atoms with Gasteiger partial charge in [0.05, 0.1) is 27.2 Å². The van der Waals surface area contributed by atoms with Crippen LogP contribution in [-0.2, 0) is 20.8 Å². The Morgan fingerprint density at radius 3 is 2.62 bits per heavy atom. The van der Waals surface area contributed by atoms with Gasteiger partial charge in [-0.05, 0) is 18.2 Å². The van der Waals surface area contributed by atoms with Crippen molar-refractivity contribution in [2.75, 3.05) is 41.0 Å². The van der Waals surface area contributed by atoms with Crippen LogP contribution in [0.25, 0.3) is 0 Å². The van der Waals surface area contributed by atoms with Gasteiger partial charge >= 0.3 is 5.97 Å². The van der Waals surface area contributed by atoms with Crippen LogP contribution in [0, 0.1) is 5.82 Å². The molecule has 6 heteroatoms. The van der Waals surface area contributed by atoms with E-state index in [0.717, 1.165) is 5.56 Å². The fourth-order valence-corrected chi connectivity index (χ4v) is 1.95. The van der Waals surface area contributed by atoms with Crippen LogP contribution >= 0.6 is 0 Å². The van der Waals surface area contributed by atoms with Crippen LogP contribution in [0.2, 0.25) is 0 Å². The van der Waals surface area contributed by atoms with Crippen molar-refractivity contribution in [2.45, 2.75) is 13.0 Å². The molecule has 0 unspecified atom stereocenters. The zero-order valence-corrected chi connectivity index (χ0v) is 12.7. The predicted octanol–water partition coefficient (Wildman–Crippen LogP) is 1.85. The van der Waals surface area contributed by atoms with E-state index in [1.165, 1.54) is 19.2 Å². The first-order valence-corrected chi connectivity index (χ1v) is 6.71. The van der Waals surface area contributed by atoms with E-state index in [2.05, 4.69) is 4.74 Å². The molecule has 0 radical (unpaired) electrons. The molecule has 0 fully saturated rings. The lowest BCUT2D eigenvalue weighted by molar-refractivity contribution is -0.141. The molecule has 0 aliphatic carbocycles. The summed E-state index contributed by atoms with van der Waals surface area (Å²) in [5, 5.41) is 0. The van der Waals surface area contributed by atoms with Gasteiger partial charge in [0.25, 0.3) is 0 Å². The van der Waals surface area contributed by atoms with Gasteiger partial charge in [-0.3, -0.25) is 9.69 Å². The topological polar surface area (TPSA) is 48.0 Å². The summed E-state index contributed by atoms with van der Waals surface area (Å²) in [6, 6.07) is 4.40. The van der Waals surface area contributed by atoms with Gasteiger partial charge in [-0.2, -0.15) is 0 Å². The van der Waals surface area contributed by atoms with E-state index < -0.39 is 0 Å². The standard InChI is InChI=1S/C15H22FNO4/c1-19-9-8-17(7-6-15(18)21-3)11-12-10-13(16)4-5-14(12)20-2/h4-5,10H,6-9,11H2,1-3H3. The molecule has 1 aromatic rings. The van der Waals surface area contributed by atoms with Crippen LogP contribution in [0.1, 0.15) is 12.0 Å². The third kappa shape index (κ3) is 6.10. The molecule has 0 saturated heterocycles. The van der Waals surface area contributed by atoms with Crippen LogP contribution in [-0.4, -0.2) is 51.9 Å². The largest absolute Gasteiger partial charge is 0.496 e. The number of benzene rings is 1. The van der Waals surface area contributed by atoms with Crippen molar-refractivity contribution in [3.05, 3.63) is 29.6 Å². The SMILES string of the molecule is COCCN(CCC(=O)OC)Cc1cc(F)ccc1OC. The molecule has 0 aromatic heterocycles. The van der Waals surface area contributed by atoms with Crippen molar-refractivity contribution in [1.29, 1.82) is 0 Å². The molecule has 0 bridgehead atoms. The maximum absolute atomic E-state index is 13.4. The zero-order chi connectivity index (χ0) is 15.7. The monoisotopic (exact) mass is 299 g/mol. The fourth-order valence-electron chi connectivity index (χ4n) is 1.95. The second kappa shape index (κ2) is 9.31. The van der Waals surface area contributed by atoms with Gasteiger partial charge < -0.3 is 14.2 Å². The Morgan fingerprint density at radius 1 is 1.24 bits per heavy atom. The lowest BCUT2D eigenvalue weighted by Gasteiger charge is -2.22. The van der Waals surface area contributed by atoms with Gasteiger partial charge in [-0.1, -0.05) is 0 Å². The lowest BCUT2D eigenvalue weighted by Crippen LogP contribution is -2.29. The Bertz CT molecular complexity index is 453. The summed E-state index contributed by atoms with van der Waals surface area (Å²) < 4.78 is 28.3. The summed E-state index contributed by atoms with van der Waals surface area (Å²) in [5.74, 6) is 0.0333. The summed E-state index contributed by atoms with van der Waals surface area (Å²) in [7, 11) is 4.52. The highest BCUT2D eigenvalue weighted by atomic mass is 19.1. The van der Waals surface area contributed by atoms with Crippen LogP contribution < -0.4 is 4.74 Å². The molecule has 5 nitrogen and oxygen atoms in total. The Labute approximate surface area is 124 Å². The Morgan fingerprint density at radius 2 is 2.00 bits per heavy atom. The first-order chi connectivity index (χ1) is 10.1. The number of nitrogens with zero attached hydrogens (tertiary/aromatic N) is 1. The summed E-state index contributed by atoms with van der Waals surface area (Å²) in [6.45, 7) is 2.14. The van der Waals surface area contributed by atoms with Crippen molar-refractivity contribution in [3.8, 4) is 5.75 Å². The van der Waals surface area contributed by atoms with E-state index >= 15 is 0 Å². The highest BCUT2D eigenvalue weighted by molar-refractivity contribution is 5.69. The van der Waals surface area contributed by atoms with Gasteiger partial charge in [0, 0.05) is 32.3 Å². The van der Waals surface area contributed by atoms with E-state index in [1.54, 1.807) is 20.3 Å². The van der Waals surface area contributed by atoms with Crippen LogP contribution in [0.4, 0.5) is 4.39 Å². The first-order valence-electron chi connectivity index (χ1n) is 6.71. The lowest BCUT2D eigenvalue weighted by atomic mass is 10.1. The third-order valence-corrected chi connectivity index (χ3v) is 3.11. The summed E-state index contributed by atoms with van der Waals surface area (Å²) in [6.07, 6.45) is 0.276. The smallest absolute Gasteiger partial charge is 0.306 e. The number of halogens is 1. The van der Waals surface area contributed by atoms with Crippen LogP contribution in [0.3, 0.4) is 0 Å². The number of methoxy groups -OCH3 is 3. The zero-order valence-electron chi connectivity index (χ0n) is 12.7. The van der Waals surface area contributed by atoms with Gasteiger partial charge in [0.1, 0.15) is 11.6 Å². The molecule has 0 N–H and O–H groups in total. The second-order valence-electron chi connectivity index (χ2n) is 4.55. The molecular formula is C15H22FNO4. The molecule has 21 heavy (non-hydrogen) atoms. The number of rotatable bonds is 9. The molecule has 0 saturated carbocycles. The van der Waals surface area contributed by atoms with Crippen molar-refractivity contribution in [1.82, 2.24) is 4.90 Å². The van der Waals surface area contributed by atoms with Crippen LogP contribution in [0.5, 0.6) is 5.75 Å². The van der Waals surface area contributed by atoms with Gasteiger partial charge in [0.15, 0.2) is 0 Å². The van der Waals surface area contributed by atoms with E-state index in [0.29, 0.717) is 32.0 Å². The molecule has 0 heterocycles. The minimum atomic E-state index is -0.314. The van der Waals surface area contributed by atoms with E-state index in [9.17, 15) is 9.18 Å². The highest BCUT2D eigenvalue weighted by Crippen LogP contribution is 2.21. The average Bonchev–Trinajstić information content (AvgIpc) is 2.49. The van der Waals surface area contributed by atoms with Gasteiger partial charge in [-0.15, -0.1) is 0 Å². The van der Waals surface area contributed by atoms with Crippen molar-refractivity contribution >= 4 is 5.97 Å². The number of hydrogen-bond acceptors (Lipinski definition) is 5. The predicted molar refractivity (Wildman–Crippen MR) is 76.7 cm³/mol. The summed E-state index contributed by atoms with van der Waals surface area (Å²) >= 11 is 0. The summed E-state index contributed by atoms with van der Waals surface area (Å²) in [4.78, 5) is 13.3. The number of esters is 1. The molecule has 0 aliphatic heterocycles. The number of ether oxygens (including phenoxy) is 3. The van der Waals surface area contributed by atoms with Gasteiger partial charge in [-0.25, -0.2) is 4.39 Å². The number of hydrogen-bond donors (Lipinski definition) is 0. The normalized spacial score (nSPS) is 10.7. The van der Waals surface area contributed by atoms with Crippen molar-refractivity contribution in [3.63, 3.8) is 0 Å². The maximum Gasteiger partial charge on any atom is 0.306 e. The van der Waals surface area contributed by atoms with Crippen LogP contribution in [0.15, 0.2) is 18.2 Å². The Kier molecular flexibility index (Phi) is 7.71. The van der Waals surface area contributed by atoms with E-state index in [1.807, 2.05) is 4.90 Å². The molecule has 0 aliphatic rings. The fraction of sp³-hybridized carbons (Fsp3) is 0.533. The number of carbonyl (C=O) groups excluding carboxylic acids is 1.